The molecule has 1 heterocycles. The number of aryl methyl sites for hydroxylation is 2. The molecular weight excluding hydrogens is 279 g/mol. The summed E-state index contributed by atoms with van der Waals surface area (Å²) in [5, 5.41) is 7.87. The zero-order valence-electron chi connectivity index (χ0n) is 13.2. The van der Waals surface area contributed by atoms with Gasteiger partial charge in [0.15, 0.2) is 0 Å². The van der Waals surface area contributed by atoms with Gasteiger partial charge in [0.2, 0.25) is 0 Å². The highest BCUT2D eigenvalue weighted by Gasteiger charge is 2.26. The van der Waals surface area contributed by atoms with E-state index >= 15 is 0 Å². The molecule has 0 bridgehead atoms. The molecule has 1 N–H and O–H groups in total. The first-order chi connectivity index (χ1) is 9.92. The molecule has 0 atom stereocenters. The van der Waals surface area contributed by atoms with Crippen molar-refractivity contribution in [2.24, 2.45) is 0 Å². The Morgan fingerprint density at radius 2 is 1.86 bits per heavy atom. The topological polar surface area (TPSA) is 29.9 Å². The van der Waals surface area contributed by atoms with Gasteiger partial charge in [-0.2, -0.15) is 18.3 Å². The summed E-state index contributed by atoms with van der Waals surface area (Å²) in [6.07, 6.45) is -2.09. The van der Waals surface area contributed by atoms with Crippen molar-refractivity contribution >= 4 is 0 Å². The van der Waals surface area contributed by atoms with E-state index in [1.54, 1.807) is 4.68 Å². The van der Waals surface area contributed by atoms with Crippen LogP contribution >= 0.6 is 0 Å². The van der Waals surface area contributed by atoms with Crippen molar-refractivity contribution in [3.8, 4) is 0 Å². The highest BCUT2D eigenvalue weighted by Crippen LogP contribution is 2.23. The van der Waals surface area contributed by atoms with Crippen LogP contribution in [0.5, 0.6) is 0 Å². The molecule has 122 valence electrons. The summed E-state index contributed by atoms with van der Waals surface area (Å²) in [7, 11) is 0. The number of hydrogen-bond acceptors (Lipinski definition) is 2. The smallest absolute Gasteiger partial charge is 0.313 e. The van der Waals surface area contributed by atoms with E-state index in [9.17, 15) is 13.2 Å². The van der Waals surface area contributed by atoms with Crippen LogP contribution in [0.1, 0.15) is 57.0 Å². The molecule has 1 rings (SSSR count). The van der Waals surface area contributed by atoms with Gasteiger partial charge in [-0.05, 0) is 32.2 Å². The molecule has 0 aliphatic carbocycles. The lowest BCUT2D eigenvalue weighted by Crippen LogP contribution is -2.16. The molecule has 0 saturated carbocycles. The van der Waals surface area contributed by atoms with Crippen molar-refractivity contribution in [2.45, 2.75) is 72.1 Å². The van der Waals surface area contributed by atoms with Crippen molar-refractivity contribution in [1.29, 1.82) is 0 Å². The molecule has 0 fully saturated rings. The Hall–Kier alpha value is -1.04. The Morgan fingerprint density at radius 3 is 2.38 bits per heavy atom. The number of hydrogen-bond donors (Lipinski definition) is 1. The molecule has 0 aliphatic heterocycles. The van der Waals surface area contributed by atoms with Crippen LogP contribution in [0.3, 0.4) is 0 Å². The van der Waals surface area contributed by atoms with Gasteiger partial charge < -0.3 is 5.32 Å². The van der Waals surface area contributed by atoms with Crippen LogP contribution in [-0.2, 0) is 25.9 Å². The highest BCUT2D eigenvalue weighted by molar-refractivity contribution is 5.26. The van der Waals surface area contributed by atoms with E-state index < -0.39 is 12.6 Å². The second-order valence-electron chi connectivity index (χ2n) is 5.20. The summed E-state index contributed by atoms with van der Waals surface area (Å²) in [5.41, 5.74) is 3.24. The molecule has 0 saturated heterocycles. The minimum Gasteiger partial charge on any atom is -0.313 e. The van der Waals surface area contributed by atoms with Crippen molar-refractivity contribution < 1.29 is 13.2 Å². The predicted molar refractivity (Wildman–Crippen MR) is 78.3 cm³/mol. The molecule has 1 aromatic heterocycles. The van der Waals surface area contributed by atoms with Crippen molar-refractivity contribution in [3.63, 3.8) is 0 Å². The molecule has 21 heavy (non-hydrogen) atoms. The fraction of sp³-hybridized carbons (Fsp3) is 0.800. The minimum absolute atomic E-state index is 0.0865. The molecule has 0 amide bonds. The molecule has 0 aliphatic rings. The quantitative estimate of drug-likeness (QED) is 0.702. The van der Waals surface area contributed by atoms with Crippen LogP contribution in [0.2, 0.25) is 0 Å². The molecule has 0 radical (unpaired) electrons. The Balaban J connectivity index is 2.79. The fourth-order valence-corrected chi connectivity index (χ4v) is 2.48. The Bertz CT molecular complexity index is 425. The Morgan fingerprint density at radius 1 is 1.14 bits per heavy atom. The van der Waals surface area contributed by atoms with Crippen LogP contribution in [0.15, 0.2) is 0 Å². The summed E-state index contributed by atoms with van der Waals surface area (Å²) >= 11 is 0. The van der Waals surface area contributed by atoms with Crippen LogP contribution in [0.25, 0.3) is 0 Å². The second kappa shape index (κ2) is 8.41. The van der Waals surface area contributed by atoms with Crippen LogP contribution in [-0.4, -0.2) is 22.5 Å². The maximum atomic E-state index is 12.3. The van der Waals surface area contributed by atoms with Gasteiger partial charge in [0.1, 0.15) is 0 Å². The predicted octanol–water partition coefficient (Wildman–Crippen LogP) is 3.85. The van der Waals surface area contributed by atoms with Crippen molar-refractivity contribution in [1.82, 2.24) is 15.1 Å². The summed E-state index contributed by atoms with van der Waals surface area (Å²) in [6.45, 7) is 8.19. The lowest BCUT2D eigenvalue weighted by Gasteiger charge is -2.10. The molecule has 3 nitrogen and oxygen atoms in total. The van der Waals surface area contributed by atoms with E-state index in [1.165, 1.54) is 5.56 Å². The number of halogens is 3. The average Bonchev–Trinajstić information content (AvgIpc) is 2.75. The summed E-state index contributed by atoms with van der Waals surface area (Å²) in [5.74, 6) is 0. The van der Waals surface area contributed by atoms with Gasteiger partial charge in [-0.25, -0.2) is 0 Å². The maximum absolute atomic E-state index is 12.3. The fourth-order valence-electron chi connectivity index (χ4n) is 2.48. The maximum Gasteiger partial charge on any atom is 0.389 e. The summed E-state index contributed by atoms with van der Waals surface area (Å²) in [6, 6.07) is 0. The van der Waals surface area contributed by atoms with Gasteiger partial charge >= 0.3 is 6.18 Å². The monoisotopic (exact) mass is 305 g/mol. The molecule has 1 aromatic rings. The lowest BCUT2D eigenvalue weighted by atomic mass is 10.1. The van der Waals surface area contributed by atoms with E-state index in [0.29, 0.717) is 6.54 Å². The van der Waals surface area contributed by atoms with Crippen molar-refractivity contribution in [3.05, 3.63) is 17.0 Å². The third-order valence-corrected chi connectivity index (χ3v) is 3.48. The van der Waals surface area contributed by atoms with Crippen LogP contribution in [0, 0.1) is 0 Å². The largest absolute Gasteiger partial charge is 0.389 e. The Kier molecular flexibility index (Phi) is 7.22. The van der Waals surface area contributed by atoms with Gasteiger partial charge in [-0.1, -0.05) is 20.8 Å². The Labute approximate surface area is 124 Å². The SMILES string of the molecule is CCCNCc1c(CC)nn(CCCC(F)(F)F)c1CC. The second-order valence-corrected chi connectivity index (χ2v) is 5.20. The van der Waals surface area contributed by atoms with Gasteiger partial charge in [0, 0.05) is 30.8 Å². The number of nitrogens with zero attached hydrogens (tertiary/aromatic N) is 2. The molecule has 0 spiro atoms. The number of alkyl halides is 3. The first kappa shape index (κ1) is 18.0. The molecular formula is C15H26F3N3. The molecule has 0 aromatic carbocycles. The average molecular weight is 305 g/mol. The van der Waals surface area contributed by atoms with Gasteiger partial charge in [0.25, 0.3) is 0 Å². The normalized spacial score (nSPS) is 12.1. The third-order valence-electron chi connectivity index (χ3n) is 3.48. The van der Waals surface area contributed by atoms with Gasteiger partial charge in [-0.15, -0.1) is 0 Å². The van der Waals surface area contributed by atoms with Gasteiger partial charge in [0.05, 0.1) is 5.69 Å². The summed E-state index contributed by atoms with van der Waals surface area (Å²) in [4.78, 5) is 0. The van der Waals surface area contributed by atoms with Gasteiger partial charge in [-0.3, -0.25) is 4.68 Å². The first-order valence-electron chi connectivity index (χ1n) is 7.77. The first-order valence-corrected chi connectivity index (χ1v) is 7.77. The minimum atomic E-state index is -4.08. The zero-order valence-corrected chi connectivity index (χ0v) is 13.2. The standard InChI is InChI=1S/C15H26F3N3/c1-4-9-19-11-12-13(5-2)20-21(14(12)6-3)10-7-8-15(16,17)18/h19H,4-11H2,1-3H3. The van der Waals surface area contributed by atoms with Crippen LogP contribution in [0.4, 0.5) is 13.2 Å². The van der Waals surface area contributed by atoms with E-state index in [-0.39, 0.29) is 6.42 Å². The third kappa shape index (κ3) is 5.69. The molecule has 6 heteroatoms. The van der Waals surface area contributed by atoms with Crippen molar-refractivity contribution in [2.75, 3.05) is 6.54 Å². The zero-order chi connectivity index (χ0) is 15.9. The lowest BCUT2D eigenvalue weighted by molar-refractivity contribution is -0.136. The summed E-state index contributed by atoms with van der Waals surface area (Å²) < 4.78 is 38.5. The number of nitrogens with one attached hydrogen (secondary N) is 1. The van der Waals surface area contributed by atoms with Crippen LogP contribution < -0.4 is 5.32 Å². The van der Waals surface area contributed by atoms with E-state index in [0.717, 1.165) is 43.7 Å². The van der Waals surface area contributed by atoms with E-state index in [1.807, 2.05) is 13.8 Å². The molecule has 0 unspecified atom stereocenters. The van der Waals surface area contributed by atoms with E-state index in [4.69, 9.17) is 0 Å². The number of rotatable bonds is 9. The van der Waals surface area contributed by atoms with E-state index in [2.05, 4.69) is 17.3 Å². The number of aromatic nitrogens is 2. The highest BCUT2D eigenvalue weighted by atomic mass is 19.4.